The Morgan fingerprint density at radius 2 is 2.25 bits per heavy atom. The number of carbonyl (C=O) groups excluding carboxylic acids is 1. The third kappa shape index (κ3) is 2.84. The fourth-order valence-corrected chi connectivity index (χ4v) is 1.80. The Morgan fingerprint density at radius 3 is 2.92 bits per heavy atom. The molecular formula is C10H19NO. The van der Waals surface area contributed by atoms with Crippen LogP contribution in [0.15, 0.2) is 0 Å². The second-order valence-electron chi connectivity index (χ2n) is 4.11. The van der Waals surface area contributed by atoms with Crippen molar-refractivity contribution < 1.29 is 4.79 Å². The Balaban J connectivity index is 2.42. The highest BCUT2D eigenvalue weighted by Gasteiger charge is 2.20. The molecule has 0 aromatic rings. The zero-order valence-corrected chi connectivity index (χ0v) is 8.10. The Morgan fingerprint density at radius 1 is 1.50 bits per heavy atom. The molecule has 0 aromatic carbocycles. The number of hydrogen-bond donors (Lipinski definition) is 1. The molecule has 1 saturated heterocycles. The number of amides is 1. The summed E-state index contributed by atoms with van der Waals surface area (Å²) in [5, 5.41) is 2.96. The first kappa shape index (κ1) is 9.56. The topological polar surface area (TPSA) is 29.1 Å². The minimum Gasteiger partial charge on any atom is -0.356 e. The molecular weight excluding hydrogens is 150 g/mol. The van der Waals surface area contributed by atoms with E-state index >= 15 is 0 Å². The number of rotatable bonds is 2. The quantitative estimate of drug-likeness (QED) is 0.672. The molecule has 2 nitrogen and oxygen atoms in total. The highest BCUT2D eigenvalue weighted by molar-refractivity contribution is 5.78. The van der Waals surface area contributed by atoms with Crippen molar-refractivity contribution in [1.29, 1.82) is 0 Å². The Bertz CT molecular complexity index is 154. The van der Waals surface area contributed by atoms with Crippen LogP contribution >= 0.6 is 0 Å². The van der Waals surface area contributed by atoms with Gasteiger partial charge >= 0.3 is 0 Å². The predicted molar refractivity (Wildman–Crippen MR) is 49.8 cm³/mol. The molecule has 2 heteroatoms. The van der Waals surface area contributed by atoms with Crippen molar-refractivity contribution in [2.75, 3.05) is 6.54 Å². The minimum absolute atomic E-state index is 0.279. The highest BCUT2D eigenvalue weighted by atomic mass is 16.1. The van der Waals surface area contributed by atoms with Crippen LogP contribution in [-0.4, -0.2) is 12.5 Å². The average Bonchev–Trinajstić information content (AvgIpc) is 2.16. The lowest BCUT2D eigenvalue weighted by molar-refractivity contribution is -0.125. The van der Waals surface area contributed by atoms with Gasteiger partial charge in [0.2, 0.25) is 5.91 Å². The maximum Gasteiger partial charge on any atom is 0.223 e. The highest BCUT2D eigenvalue weighted by Crippen LogP contribution is 2.20. The third-order valence-corrected chi connectivity index (χ3v) is 2.41. The van der Waals surface area contributed by atoms with Crippen molar-refractivity contribution in [2.45, 2.75) is 39.5 Å². The molecule has 1 N–H and O–H groups in total. The van der Waals surface area contributed by atoms with Crippen LogP contribution in [0.5, 0.6) is 0 Å². The van der Waals surface area contributed by atoms with Gasteiger partial charge in [0.15, 0.2) is 0 Å². The first-order valence-corrected chi connectivity index (χ1v) is 4.98. The van der Waals surface area contributed by atoms with Crippen LogP contribution in [0.25, 0.3) is 0 Å². The molecule has 1 atom stereocenters. The van der Waals surface area contributed by atoms with Crippen LogP contribution in [0.1, 0.15) is 39.5 Å². The molecule has 0 bridgehead atoms. The lowest BCUT2D eigenvalue weighted by Crippen LogP contribution is -2.29. The summed E-state index contributed by atoms with van der Waals surface area (Å²) in [7, 11) is 0. The van der Waals surface area contributed by atoms with E-state index in [1.165, 1.54) is 6.42 Å². The molecule has 1 unspecified atom stereocenters. The van der Waals surface area contributed by atoms with Crippen LogP contribution in [-0.2, 0) is 4.79 Å². The zero-order valence-electron chi connectivity index (χ0n) is 8.10. The van der Waals surface area contributed by atoms with Gasteiger partial charge in [0.05, 0.1) is 0 Å². The van der Waals surface area contributed by atoms with Gasteiger partial charge in [0, 0.05) is 12.5 Å². The van der Waals surface area contributed by atoms with Crippen LogP contribution < -0.4 is 5.32 Å². The van der Waals surface area contributed by atoms with Crippen molar-refractivity contribution >= 4 is 5.91 Å². The fourth-order valence-electron chi connectivity index (χ4n) is 1.80. The first-order valence-electron chi connectivity index (χ1n) is 4.98. The fraction of sp³-hybridized carbons (Fsp3) is 0.900. The molecule has 0 aliphatic carbocycles. The van der Waals surface area contributed by atoms with Crippen LogP contribution in [0.4, 0.5) is 0 Å². The number of nitrogens with one attached hydrogen (secondary N) is 1. The molecule has 1 amide bonds. The van der Waals surface area contributed by atoms with Gasteiger partial charge in [-0.15, -0.1) is 0 Å². The van der Waals surface area contributed by atoms with Gasteiger partial charge in [-0.25, -0.2) is 0 Å². The van der Waals surface area contributed by atoms with E-state index in [0.717, 1.165) is 25.8 Å². The average molecular weight is 169 g/mol. The molecule has 70 valence electrons. The van der Waals surface area contributed by atoms with Gasteiger partial charge in [0.1, 0.15) is 0 Å². The Hall–Kier alpha value is -0.530. The largest absolute Gasteiger partial charge is 0.356 e. The van der Waals surface area contributed by atoms with Crippen LogP contribution in [0.2, 0.25) is 0 Å². The van der Waals surface area contributed by atoms with E-state index in [4.69, 9.17) is 0 Å². The molecule has 1 fully saturated rings. The molecule has 0 spiro atoms. The molecule has 1 aliphatic rings. The summed E-state index contributed by atoms with van der Waals surface area (Å²) in [5.41, 5.74) is 0. The Labute approximate surface area is 74.7 Å². The number of hydrogen-bond acceptors (Lipinski definition) is 1. The van der Waals surface area contributed by atoms with E-state index in [9.17, 15) is 4.79 Å². The molecule has 0 aromatic heterocycles. The van der Waals surface area contributed by atoms with E-state index in [-0.39, 0.29) is 11.8 Å². The Kier molecular flexibility index (Phi) is 3.57. The summed E-state index contributed by atoms with van der Waals surface area (Å²) < 4.78 is 0. The predicted octanol–water partition coefficient (Wildman–Crippen LogP) is 1.95. The van der Waals surface area contributed by atoms with E-state index in [0.29, 0.717) is 5.92 Å². The van der Waals surface area contributed by atoms with Crippen molar-refractivity contribution in [3.63, 3.8) is 0 Å². The standard InChI is InChI=1S/C10H19NO/c1-8(2)7-9-5-3-4-6-11-10(9)12/h8-9H,3-7H2,1-2H3,(H,11,12). The van der Waals surface area contributed by atoms with Crippen molar-refractivity contribution in [2.24, 2.45) is 11.8 Å². The summed E-state index contributed by atoms with van der Waals surface area (Å²) in [6.45, 7) is 5.24. The molecule has 0 radical (unpaired) electrons. The molecule has 12 heavy (non-hydrogen) atoms. The number of carbonyl (C=O) groups is 1. The second-order valence-corrected chi connectivity index (χ2v) is 4.11. The van der Waals surface area contributed by atoms with Crippen LogP contribution in [0.3, 0.4) is 0 Å². The van der Waals surface area contributed by atoms with Crippen LogP contribution in [0, 0.1) is 11.8 Å². The maximum absolute atomic E-state index is 11.4. The molecule has 1 heterocycles. The minimum atomic E-state index is 0.279. The van der Waals surface area contributed by atoms with Gasteiger partial charge in [-0.1, -0.05) is 20.3 Å². The first-order chi connectivity index (χ1) is 5.70. The summed E-state index contributed by atoms with van der Waals surface area (Å²) >= 11 is 0. The van der Waals surface area contributed by atoms with Crippen molar-refractivity contribution in [3.05, 3.63) is 0 Å². The van der Waals surface area contributed by atoms with E-state index < -0.39 is 0 Å². The van der Waals surface area contributed by atoms with Crippen molar-refractivity contribution in [3.8, 4) is 0 Å². The summed E-state index contributed by atoms with van der Waals surface area (Å²) in [4.78, 5) is 11.4. The summed E-state index contributed by atoms with van der Waals surface area (Å²) in [6.07, 6.45) is 4.49. The maximum atomic E-state index is 11.4. The summed E-state index contributed by atoms with van der Waals surface area (Å²) in [5.74, 6) is 1.20. The molecule has 0 saturated carbocycles. The molecule has 1 rings (SSSR count). The van der Waals surface area contributed by atoms with Gasteiger partial charge in [-0.2, -0.15) is 0 Å². The SMILES string of the molecule is CC(C)CC1CCCCNC1=O. The second kappa shape index (κ2) is 4.48. The van der Waals surface area contributed by atoms with E-state index in [2.05, 4.69) is 19.2 Å². The normalized spacial score (nSPS) is 25.2. The third-order valence-electron chi connectivity index (χ3n) is 2.41. The van der Waals surface area contributed by atoms with Gasteiger partial charge < -0.3 is 5.32 Å². The van der Waals surface area contributed by atoms with E-state index in [1.54, 1.807) is 0 Å². The van der Waals surface area contributed by atoms with Gasteiger partial charge in [-0.05, 0) is 25.2 Å². The van der Waals surface area contributed by atoms with Gasteiger partial charge in [0.25, 0.3) is 0 Å². The van der Waals surface area contributed by atoms with Crippen molar-refractivity contribution in [1.82, 2.24) is 5.32 Å². The summed E-state index contributed by atoms with van der Waals surface area (Å²) in [6, 6.07) is 0. The molecule has 1 aliphatic heterocycles. The van der Waals surface area contributed by atoms with Gasteiger partial charge in [-0.3, -0.25) is 4.79 Å². The lowest BCUT2D eigenvalue weighted by atomic mass is 9.93. The van der Waals surface area contributed by atoms with E-state index in [1.807, 2.05) is 0 Å². The zero-order chi connectivity index (χ0) is 8.97. The smallest absolute Gasteiger partial charge is 0.223 e. The lowest BCUT2D eigenvalue weighted by Gasteiger charge is -2.14. The monoisotopic (exact) mass is 169 g/mol.